The van der Waals surface area contributed by atoms with Crippen molar-refractivity contribution in [1.82, 2.24) is 5.32 Å². The van der Waals surface area contributed by atoms with E-state index in [-0.39, 0.29) is 30.6 Å². The van der Waals surface area contributed by atoms with E-state index in [1.165, 1.54) is 5.56 Å². The lowest BCUT2D eigenvalue weighted by atomic mass is 10.0. The quantitative estimate of drug-likeness (QED) is 0.738. The van der Waals surface area contributed by atoms with Crippen molar-refractivity contribution in [3.05, 3.63) is 70.2 Å². The number of hydrogen-bond donors (Lipinski definition) is 1. The van der Waals surface area contributed by atoms with Gasteiger partial charge in [-0.2, -0.15) is 0 Å². The number of carbonyl (C=O) groups excluding carboxylic acids is 2. The Morgan fingerprint density at radius 1 is 1.00 bits per heavy atom. The van der Waals surface area contributed by atoms with Crippen molar-refractivity contribution in [3.63, 3.8) is 0 Å². The molecule has 0 radical (unpaired) electrons. The van der Waals surface area contributed by atoms with Gasteiger partial charge >= 0.3 is 0 Å². The maximum absolute atomic E-state index is 12.1. The standard InChI is InChI=1S/C20H22ClNO2/c1-3-15-4-6-16(7-5-15)14(2)22-20(24)13-12-19(23)17-8-10-18(21)11-9-17/h4-11,14H,3,12-13H2,1-2H3,(H,22,24). The van der Waals surface area contributed by atoms with E-state index in [9.17, 15) is 9.59 Å². The number of Topliss-reactive ketones (excluding diaryl/α,β-unsaturated/α-hetero) is 1. The van der Waals surface area contributed by atoms with E-state index in [0.29, 0.717) is 10.6 Å². The van der Waals surface area contributed by atoms with Crippen LogP contribution in [0.15, 0.2) is 48.5 Å². The van der Waals surface area contributed by atoms with Crippen LogP contribution in [0.2, 0.25) is 5.02 Å². The van der Waals surface area contributed by atoms with Gasteiger partial charge in [0, 0.05) is 23.4 Å². The van der Waals surface area contributed by atoms with Crippen LogP contribution in [0.5, 0.6) is 0 Å². The van der Waals surface area contributed by atoms with Crippen molar-refractivity contribution in [2.75, 3.05) is 0 Å². The molecule has 0 saturated heterocycles. The molecule has 1 atom stereocenters. The van der Waals surface area contributed by atoms with Crippen molar-refractivity contribution in [2.24, 2.45) is 0 Å². The molecule has 1 unspecified atom stereocenters. The first-order chi connectivity index (χ1) is 11.5. The molecule has 0 heterocycles. The number of aryl methyl sites for hydroxylation is 1. The Hall–Kier alpha value is -2.13. The largest absolute Gasteiger partial charge is 0.350 e. The third kappa shape index (κ3) is 5.20. The summed E-state index contributed by atoms with van der Waals surface area (Å²) >= 11 is 5.80. The minimum absolute atomic E-state index is 0.0539. The van der Waals surface area contributed by atoms with Crippen molar-refractivity contribution < 1.29 is 9.59 Å². The Morgan fingerprint density at radius 3 is 2.21 bits per heavy atom. The van der Waals surface area contributed by atoms with Crippen LogP contribution in [0, 0.1) is 0 Å². The SMILES string of the molecule is CCc1ccc(C(C)NC(=O)CCC(=O)c2ccc(Cl)cc2)cc1. The zero-order chi connectivity index (χ0) is 17.5. The number of benzene rings is 2. The van der Waals surface area contributed by atoms with E-state index in [1.807, 2.05) is 19.1 Å². The number of carbonyl (C=O) groups is 2. The van der Waals surface area contributed by atoms with Gasteiger partial charge in [0.2, 0.25) is 5.91 Å². The molecular weight excluding hydrogens is 322 g/mol. The number of rotatable bonds is 7. The van der Waals surface area contributed by atoms with E-state index >= 15 is 0 Å². The molecular formula is C20H22ClNO2. The van der Waals surface area contributed by atoms with E-state index in [0.717, 1.165) is 12.0 Å². The number of halogens is 1. The average Bonchev–Trinajstić information content (AvgIpc) is 2.60. The molecule has 0 saturated carbocycles. The van der Waals surface area contributed by atoms with Crippen molar-refractivity contribution in [3.8, 4) is 0 Å². The van der Waals surface area contributed by atoms with Gasteiger partial charge in [0.1, 0.15) is 0 Å². The molecule has 0 spiro atoms. The summed E-state index contributed by atoms with van der Waals surface area (Å²) < 4.78 is 0. The molecule has 2 aromatic carbocycles. The fourth-order valence-electron chi connectivity index (χ4n) is 2.45. The highest BCUT2D eigenvalue weighted by atomic mass is 35.5. The van der Waals surface area contributed by atoms with Crippen molar-refractivity contribution >= 4 is 23.3 Å². The van der Waals surface area contributed by atoms with E-state index in [4.69, 9.17) is 11.6 Å². The highest BCUT2D eigenvalue weighted by molar-refractivity contribution is 6.30. The van der Waals surface area contributed by atoms with E-state index in [1.54, 1.807) is 24.3 Å². The molecule has 1 N–H and O–H groups in total. The van der Waals surface area contributed by atoms with Crippen LogP contribution < -0.4 is 5.32 Å². The Labute approximate surface area is 148 Å². The Kier molecular flexibility index (Phi) is 6.56. The van der Waals surface area contributed by atoms with Gasteiger partial charge in [-0.1, -0.05) is 42.8 Å². The smallest absolute Gasteiger partial charge is 0.220 e. The molecule has 24 heavy (non-hydrogen) atoms. The highest BCUT2D eigenvalue weighted by Crippen LogP contribution is 2.15. The molecule has 0 aliphatic heterocycles. The third-order valence-electron chi connectivity index (χ3n) is 4.01. The molecule has 0 fully saturated rings. The second-order valence-electron chi connectivity index (χ2n) is 5.81. The summed E-state index contributed by atoms with van der Waals surface area (Å²) in [6, 6.07) is 14.8. The lowest BCUT2D eigenvalue weighted by Gasteiger charge is -2.14. The van der Waals surface area contributed by atoms with Crippen LogP contribution in [0.1, 0.15) is 54.2 Å². The molecule has 2 rings (SSSR count). The third-order valence-corrected chi connectivity index (χ3v) is 4.26. The summed E-state index contributed by atoms with van der Waals surface area (Å²) in [5.74, 6) is -0.175. The Bertz CT molecular complexity index is 693. The zero-order valence-electron chi connectivity index (χ0n) is 14.0. The van der Waals surface area contributed by atoms with Crippen molar-refractivity contribution in [2.45, 2.75) is 39.2 Å². The Balaban J connectivity index is 1.83. The number of hydrogen-bond acceptors (Lipinski definition) is 2. The number of ketones is 1. The minimum Gasteiger partial charge on any atom is -0.350 e. The molecule has 126 valence electrons. The minimum atomic E-state index is -0.121. The summed E-state index contributed by atoms with van der Waals surface area (Å²) in [6.45, 7) is 4.05. The second kappa shape index (κ2) is 8.65. The van der Waals surface area contributed by atoms with E-state index in [2.05, 4.69) is 24.4 Å². The normalized spacial score (nSPS) is 11.8. The van der Waals surface area contributed by atoms with E-state index < -0.39 is 0 Å². The molecule has 2 aromatic rings. The first-order valence-electron chi connectivity index (χ1n) is 8.16. The maximum Gasteiger partial charge on any atom is 0.220 e. The van der Waals surface area contributed by atoms with Crippen LogP contribution in [-0.4, -0.2) is 11.7 Å². The van der Waals surface area contributed by atoms with Crippen molar-refractivity contribution in [1.29, 1.82) is 0 Å². The van der Waals surface area contributed by atoms with Gasteiger partial charge in [0.25, 0.3) is 0 Å². The first-order valence-corrected chi connectivity index (χ1v) is 8.54. The zero-order valence-corrected chi connectivity index (χ0v) is 14.8. The molecule has 3 nitrogen and oxygen atoms in total. The number of nitrogens with one attached hydrogen (secondary N) is 1. The molecule has 1 amide bonds. The summed E-state index contributed by atoms with van der Waals surface area (Å²) in [6.07, 6.45) is 1.36. The maximum atomic E-state index is 12.1. The molecule has 0 bridgehead atoms. The topological polar surface area (TPSA) is 46.2 Å². The summed E-state index contributed by atoms with van der Waals surface area (Å²) in [5.41, 5.74) is 2.91. The fraction of sp³-hybridized carbons (Fsp3) is 0.300. The van der Waals surface area contributed by atoms with Gasteiger partial charge in [-0.3, -0.25) is 9.59 Å². The van der Waals surface area contributed by atoms with Crippen LogP contribution in [0.3, 0.4) is 0 Å². The summed E-state index contributed by atoms with van der Waals surface area (Å²) in [4.78, 5) is 24.1. The monoisotopic (exact) mass is 343 g/mol. The van der Waals surface area contributed by atoms with Crippen LogP contribution >= 0.6 is 11.6 Å². The highest BCUT2D eigenvalue weighted by Gasteiger charge is 2.12. The number of amides is 1. The summed E-state index contributed by atoms with van der Waals surface area (Å²) in [7, 11) is 0. The van der Waals surface area contributed by atoms with Gasteiger partial charge in [-0.25, -0.2) is 0 Å². The van der Waals surface area contributed by atoms with Gasteiger partial charge < -0.3 is 5.32 Å². The second-order valence-corrected chi connectivity index (χ2v) is 6.25. The molecule has 0 aromatic heterocycles. The molecule has 0 aliphatic carbocycles. The first kappa shape index (κ1) is 18.2. The fourth-order valence-corrected chi connectivity index (χ4v) is 2.57. The van der Waals surface area contributed by atoms with Crippen LogP contribution in [-0.2, 0) is 11.2 Å². The van der Waals surface area contributed by atoms with Gasteiger partial charge in [0.15, 0.2) is 5.78 Å². The molecule has 4 heteroatoms. The lowest BCUT2D eigenvalue weighted by molar-refractivity contribution is -0.121. The predicted molar refractivity (Wildman–Crippen MR) is 97.4 cm³/mol. The van der Waals surface area contributed by atoms with Crippen LogP contribution in [0.25, 0.3) is 0 Å². The van der Waals surface area contributed by atoms with Gasteiger partial charge in [-0.15, -0.1) is 0 Å². The Morgan fingerprint density at radius 2 is 1.62 bits per heavy atom. The molecule has 0 aliphatic rings. The van der Waals surface area contributed by atoms with Gasteiger partial charge in [-0.05, 0) is 48.7 Å². The summed E-state index contributed by atoms with van der Waals surface area (Å²) in [5, 5.41) is 3.53. The average molecular weight is 344 g/mol. The lowest BCUT2D eigenvalue weighted by Crippen LogP contribution is -2.26. The predicted octanol–water partition coefficient (Wildman–Crippen LogP) is 4.74. The van der Waals surface area contributed by atoms with Crippen LogP contribution in [0.4, 0.5) is 0 Å². The van der Waals surface area contributed by atoms with Gasteiger partial charge in [0.05, 0.1) is 6.04 Å².